The Hall–Kier alpha value is -3.20. The molecule has 2 rings (SSSR count). The van der Waals surface area contributed by atoms with Crippen LogP contribution in [0.2, 0.25) is 0 Å². The van der Waals surface area contributed by atoms with Gasteiger partial charge in [0.2, 0.25) is 5.96 Å². The monoisotopic (exact) mass is 377 g/mol. The Morgan fingerprint density at radius 1 is 1.11 bits per heavy atom. The van der Waals surface area contributed by atoms with E-state index in [2.05, 4.69) is 20.6 Å². The summed E-state index contributed by atoms with van der Waals surface area (Å²) in [5, 5.41) is 14.7. The number of carbonyl (C=O) groups is 1. The van der Waals surface area contributed by atoms with Crippen LogP contribution in [0, 0.1) is 23.8 Å². The van der Waals surface area contributed by atoms with E-state index < -0.39 is 11.0 Å². The van der Waals surface area contributed by atoms with E-state index in [0.717, 1.165) is 11.3 Å². The van der Waals surface area contributed by atoms with Crippen molar-refractivity contribution in [3.8, 4) is 6.19 Å². The van der Waals surface area contributed by atoms with Crippen molar-refractivity contribution in [3.05, 3.63) is 59.9 Å². The summed E-state index contributed by atoms with van der Waals surface area (Å²) >= 11 is 0. The molecule has 1 heterocycles. The normalized spacial score (nSPS) is 12.2. The van der Waals surface area contributed by atoms with Crippen molar-refractivity contribution in [1.29, 1.82) is 5.26 Å². The summed E-state index contributed by atoms with van der Waals surface area (Å²) in [6.07, 6.45) is 5.72. The quantitative estimate of drug-likeness (QED) is 0.257. The number of nitrogens with one attached hydrogen (secondary N) is 2. The number of aliphatic imine (C=N–C) groups is 1. The van der Waals surface area contributed by atoms with Crippen LogP contribution in [0.4, 0.5) is 5.69 Å². The number of Topliss-reactive ketones (excluding diaryl/α,β-unsaturated/α-hetero) is 1. The first kappa shape index (κ1) is 21.1. The number of aromatic nitrogens is 1. The standard InChI is InChI=1S/C22H27N5O/c1-16-6-8-17(9-7-16)19(28)21(2,3)14-22(4,5)27-20(25-15-23)26-18-10-12-24-13-11-18/h6-13H,14H2,1-5H3,(H2,24,25,26,27). The molecular formula is C22H27N5O. The number of nitrogens with zero attached hydrogens (tertiary/aromatic N) is 3. The zero-order valence-electron chi connectivity index (χ0n) is 17.1. The second-order valence-electron chi connectivity index (χ2n) is 8.13. The zero-order chi connectivity index (χ0) is 20.8. The van der Waals surface area contributed by atoms with Crippen molar-refractivity contribution in [3.63, 3.8) is 0 Å². The van der Waals surface area contributed by atoms with Gasteiger partial charge in [-0.1, -0.05) is 43.7 Å². The van der Waals surface area contributed by atoms with E-state index in [-0.39, 0.29) is 5.78 Å². The number of hydrogen-bond donors (Lipinski definition) is 2. The fourth-order valence-electron chi connectivity index (χ4n) is 3.31. The number of anilines is 1. The molecule has 1 aromatic heterocycles. The summed E-state index contributed by atoms with van der Waals surface area (Å²) in [5.74, 6) is 0.407. The fraction of sp³-hybridized carbons (Fsp3) is 0.364. The van der Waals surface area contributed by atoms with E-state index in [1.807, 2.05) is 65.1 Å². The van der Waals surface area contributed by atoms with E-state index in [4.69, 9.17) is 5.26 Å². The molecule has 0 saturated heterocycles. The van der Waals surface area contributed by atoms with Crippen LogP contribution < -0.4 is 10.6 Å². The Bertz CT molecular complexity index is 877. The summed E-state index contributed by atoms with van der Waals surface area (Å²) in [6, 6.07) is 11.2. The smallest absolute Gasteiger partial charge is 0.209 e. The van der Waals surface area contributed by atoms with E-state index in [9.17, 15) is 4.79 Å². The molecular weight excluding hydrogens is 350 g/mol. The number of hydrogen-bond acceptors (Lipinski definition) is 4. The van der Waals surface area contributed by atoms with Gasteiger partial charge < -0.3 is 5.32 Å². The van der Waals surface area contributed by atoms with Crippen LogP contribution in [0.5, 0.6) is 0 Å². The van der Waals surface area contributed by atoms with Gasteiger partial charge in [0, 0.05) is 29.1 Å². The van der Waals surface area contributed by atoms with Gasteiger partial charge in [0.05, 0.1) is 5.54 Å². The molecule has 28 heavy (non-hydrogen) atoms. The topological polar surface area (TPSA) is 90.2 Å². The molecule has 0 amide bonds. The predicted octanol–water partition coefficient (Wildman–Crippen LogP) is 4.31. The van der Waals surface area contributed by atoms with Crippen LogP contribution >= 0.6 is 0 Å². The molecule has 6 nitrogen and oxygen atoms in total. The van der Waals surface area contributed by atoms with Gasteiger partial charge >= 0.3 is 0 Å². The average Bonchev–Trinajstić information content (AvgIpc) is 2.61. The van der Waals surface area contributed by atoms with Gasteiger partial charge in [0.25, 0.3) is 0 Å². The van der Waals surface area contributed by atoms with Crippen molar-refractivity contribution >= 4 is 17.4 Å². The van der Waals surface area contributed by atoms with Gasteiger partial charge in [-0.3, -0.25) is 15.1 Å². The number of guanidine groups is 1. The van der Waals surface area contributed by atoms with Gasteiger partial charge in [-0.15, -0.1) is 0 Å². The molecule has 0 aliphatic rings. The predicted molar refractivity (Wildman–Crippen MR) is 112 cm³/mol. The highest BCUT2D eigenvalue weighted by Gasteiger charge is 2.35. The number of benzene rings is 1. The number of carbonyl (C=O) groups excluding carboxylic acids is 1. The summed E-state index contributed by atoms with van der Waals surface area (Å²) in [4.78, 5) is 21.7. The Morgan fingerprint density at radius 3 is 2.29 bits per heavy atom. The zero-order valence-corrected chi connectivity index (χ0v) is 17.1. The Labute approximate surface area is 166 Å². The molecule has 0 aliphatic carbocycles. The highest BCUT2D eigenvalue weighted by Crippen LogP contribution is 2.33. The molecule has 0 aliphatic heterocycles. The van der Waals surface area contributed by atoms with Crippen LogP contribution in [0.15, 0.2) is 53.8 Å². The Kier molecular flexibility index (Phi) is 6.53. The van der Waals surface area contributed by atoms with Crippen molar-refractivity contribution in [2.45, 2.75) is 46.6 Å². The lowest BCUT2D eigenvalue weighted by Crippen LogP contribution is -2.37. The van der Waals surface area contributed by atoms with E-state index in [0.29, 0.717) is 17.9 Å². The van der Waals surface area contributed by atoms with Crippen LogP contribution in [-0.4, -0.2) is 22.3 Å². The van der Waals surface area contributed by atoms with Crippen molar-refractivity contribution in [1.82, 2.24) is 10.3 Å². The molecule has 0 atom stereocenters. The average molecular weight is 377 g/mol. The highest BCUT2D eigenvalue weighted by atomic mass is 16.1. The molecule has 6 heteroatoms. The largest absolute Gasteiger partial charge is 0.325 e. The molecule has 0 unspecified atom stereocenters. The molecule has 2 N–H and O–H groups in total. The van der Waals surface area contributed by atoms with Crippen LogP contribution in [0.3, 0.4) is 0 Å². The minimum absolute atomic E-state index is 0.0765. The molecule has 0 fully saturated rings. The fourth-order valence-corrected chi connectivity index (χ4v) is 3.31. The van der Waals surface area contributed by atoms with Crippen molar-refractivity contribution < 1.29 is 4.79 Å². The maximum absolute atomic E-state index is 13.0. The lowest BCUT2D eigenvalue weighted by atomic mass is 9.75. The third-order valence-corrected chi connectivity index (χ3v) is 4.33. The molecule has 0 spiro atoms. The van der Waals surface area contributed by atoms with Crippen LogP contribution in [0.25, 0.3) is 0 Å². The molecule has 0 saturated carbocycles. The second kappa shape index (κ2) is 8.66. The number of pyridine rings is 1. The lowest BCUT2D eigenvalue weighted by molar-refractivity contribution is 0.0798. The van der Waals surface area contributed by atoms with Crippen LogP contribution in [0.1, 0.15) is 50.0 Å². The van der Waals surface area contributed by atoms with Gasteiger partial charge in [-0.25, -0.2) is 4.99 Å². The minimum Gasteiger partial charge on any atom is -0.325 e. The van der Waals surface area contributed by atoms with E-state index >= 15 is 0 Å². The maximum Gasteiger partial charge on any atom is 0.209 e. The number of nitriles is 1. The molecule has 2 aromatic rings. The molecule has 1 aromatic carbocycles. The van der Waals surface area contributed by atoms with Gasteiger partial charge in [0.1, 0.15) is 0 Å². The Balaban J connectivity index is 2.20. The first-order valence-electron chi connectivity index (χ1n) is 9.16. The van der Waals surface area contributed by atoms with Gasteiger partial charge in [-0.05, 0) is 39.3 Å². The summed E-state index contributed by atoms with van der Waals surface area (Å²) in [5.41, 5.74) is 1.39. The summed E-state index contributed by atoms with van der Waals surface area (Å²) in [6.45, 7) is 9.76. The Morgan fingerprint density at radius 2 is 1.71 bits per heavy atom. The van der Waals surface area contributed by atoms with Crippen molar-refractivity contribution in [2.75, 3.05) is 5.32 Å². The van der Waals surface area contributed by atoms with Crippen molar-refractivity contribution in [2.24, 2.45) is 10.4 Å². The molecule has 0 radical (unpaired) electrons. The third kappa shape index (κ3) is 5.92. The maximum atomic E-state index is 13.0. The number of aryl methyl sites for hydroxylation is 1. The highest BCUT2D eigenvalue weighted by molar-refractivity contribution is 6.00. The first-order valence-corrected chi connectivity index (χ1v) is 9.16. The number of rotatable bonds is 6. The molecule has 0 bridgehead atoms. The second-order valence-corrected chi connectivity index (χ2v) is 8.13. The SMILES string of the molecule is Cc1ccc(C(=O)C(C)(C)CC(C)(C)N=C(NC#N)Nc2ccncc2)cc1. The number of ketones is 1. The molecule has 146 valence electrons. The lowest BCUT2D eigenvalue weighted by Gasteiger charge is -2.32. The van der Waals surface area contributed by atoms with E-state index in [1.54, 1.807) is 24.5 Å². The van der Waals surface area contributed by atoms with Gasteiger partial charge in [-0.2, -0.15) is 5.26 Å². The van der Waals surface area contributed by atoms with Crippen LogP contribution in [-0.2, 0) is 0 Å². The first-order chi connectivity index (χ1) is 13.1. The van der Waals surface area contributed by atoms with E-state index in [1.165, 1.54) is 0 Å². The van der Waals surface area contributed by atoms with Gasteiger partial charge in [0.15, 0.2) is 12.0 Å². The summed E-state index contributed by atoms with van der Waals surface area (Å²) < 4.78 is 0. The summed E-state index contributed by atoms with van der Waals surface area (Å²) in [7, 11) is 0. The third-order valence-electron chi connectivity index (χ3n) is 4.33. The minimum atomic E-state index is -0.614.